The molecule has 0 aliphatic carbocycles. The summed E-state index contributed by atoms with van der Waals surface area (Å²) in [7, 11) is -3.26. The molecule has 0 spiro atoms. The first-order chi connectivity index (χ1) is 9.90. The van der Waals surface area contributed by atoms with Gasteiger partial charge in [0.15, 0.2) is 0 Å². The van der Waals surface area contributed by atoms with E-state index in [9.17, 15) is 13.2 Å². The van der Waals surface area contributed by atoms with E-state index in [1.54, 1.807) is 10.3 Å². The number of amides is 1. The zero-order valence-corrected chi connectivity index (χ0v) is 14.8. The van der Waals surface area contributed by atoms with E-state index in [-0.39, 0.29) is 30.9 Å². The molecule has 1 amide bonds. The lowest BCUT2D eigenvalue weighted by atomic mass is 10.0. The fourth-order valence-corrected chi connectivity index (χ4v) is 3.52. The van der Waals surface area contributed by atoms with E-state index in [1.807, 2.05) is 0 Å². The maximum atomic E-state index is 12.5. The van der Waals surface area contributed by atoms with E-state index >= 15 is 0 Å². The van der Waals surface area contributed by atoms with Crippen LogP contribution in [0.1, 0.15) is 34.8 Å². The van der Waals surface area contributed by atoms with Crippen LogP contribution in [0.25, 0.3) is 0 Å². The third-order valence-electron chi connectivity index (χ3n) is 3.41. The predicted octanol–water partition coefficient (Wildman–Crippen LogP) is 0.567. The SMILES string of the molecule is CS(=O)(=O)NCC1CCCCN1C(=O)c1csc(CN)n1.Cl. The minimum atomic E-state index is -3.26. The van der Waals surface area contributed by atoms with Gasteiger partial charge in [0.1, 0.15) is 10.7 Å². The number of hydrogen-bond acceptors (Lipinski definition) is 6. The van der Waals surface area contributed by atoms with Crippen molar-refractivity contribution in [1.82, 2.24) is 14.6 Å². The highest BCUT2D eigenvalue weighted by molar-refractivity contribution is 7.88. The van der Waals surface area contributed by atoms with Crippen molar-refractivity contribution in [2.24, 2.45) is 5.73 Å². The van der Waals surface area contributed by atoms with Crippen LogP contribution in [-0.4, -0.2) is 49.6 Å². The minimum absolute atomic E-state index is 0. The summed E-state index contributed by atoms with van der Waals surface area (Å²) in [6, 6.07) is -0.121. The summed E-state index contributed by atoms with van der Waals surface area (Å²) >= 11 is 1.37. The Morgan fingerprint density at radius 3 is 2.86 bits per heavy atom. The van der Waals surface area contributed by atoms with Gasteiger partial charge in [-0.3, -0.25) is 4.79 Å². The number of thiazole rings is 1. The van der Waals surface area contributed by atoms with E-state index < -0.39 is 10.0 Å². The number of carbonyl (C=O) groups excluding carboxylic acids is 1. The molecule has 1 aliphatic heterocycles. The van der Waals surface area contributed by atoms with Gasteiger partial charge in [-0.05, 0) is 19.3 Å². The maximum Gasteiger partial charge on any atom is 0.273 e. The number of piperidine rings is 1. The van der Waals surface area contributed by atoms with Crippen molar-refractivity contribution in [3.8, 4) is 0 Å². The summed E-state index contributed by atoms with van der Waals surface area (Å²) in [6.45, 7) is 1.19. The molecule has 3 N–H and O–H groups in total. The van der Waals surface area contributed by atoms with Crippen molar-refractivity contribution < 1.29 is 13.2 Å². The number of halogens is 1. The molecule has 22 heavy (non-hydrogen) atoms. The van der Waals surface area contributed by atoms with Gasteiger partial charge in [0.25, 0.3) is 5.91 Å². The molecule has 0 radical (unpaired) electrons. The highest BCUT2D eigenvalue weighted by Gasteiger charge is 2.29. The van der Waals surface area contributed by atoms with E-state index in [4.69, 9.17) is 5.73 Å². The second kappa shape index (κ2) is 8.21. The van der Waals surface area contributed by atoms with Gasteiger partial charge in [-0.2, -0.15) is 0 Å². The van der Waals surface area contributed by atoms with Crippen LogP contribution in [0.15, 0.2) is 5.38 Å². The molecule has 0 aromatic carbocycles. The summed E-state index contributed by atoms with van der Waals surface area (Å²) in [5.74, 6) is -0.147. The monoisotopic (exact) mass is 368 g/mol. The molecule has 1 aliphatic rings. The van der Waals surface area contributed by atoms with Crippen LogP contribution in [0.4, 0.5) is 0 Å². The molecule has 2 rings (SSSR count). The van der Waals surface area contributed by atoms with Gasteiger partial charge in [-0.15, -0.1) is 23.7 Å². The van der Waals surface area contributed by atoms with E-state index in [0.29, 0.717) is 18.8 Å². The zero-order valence-electron chi connectivity index (χ0n) is 12.3. The average Bonchev–Trinajstić information content (AvgIpc) is 2.93. The molecule has 1 saturated heterocycles. The van der Waals surface area contributed by atoms with Crippen LogP contribution in [0, 0.1) is 0 Å². The number of likely N-dealkylation sites (tertiary alicyclic amines) is 1. The van der Waals surface area contributed by atoms with Crippen molar-refractivity contribution in [2.45, 2.75) is 31.8 Å². The minimum Gasteiger partial charge on any atom is -0.333 e. The second-order valence-corrected chi connectivity index (χ2v) is 7.88. The highest BCUT2D eigenvalue weighted by Crippen LogP contribution is 2.20. The van der Waals surface area contributed by atoms with E-state index in [2.05, 4.69) is 9.71 Å². The van der Waals surface area contributed by atoms with Gasteiger partial charge in [0.2, 0.25) is 10.0 Å². The number of nitrogens with two attached hydrogens (primary N) is 1. The summed E-state index contributed by atoms with van der Waals surface area (Å²) < 4.78 is 24.9. The molecule has 10 heteroatoms. The molecule has 126 valence electrons. The molecule has 0 saturated carbocycles. The zero-order chi connectivity index (χ0) is 15.5. The van der Waals surface area contributed by atoms with Crippen LogP contribution in [0.3, 0.4) is 0 Å². The summed E-state index contributed by atoms with van der Waals surface area (Å²) in [4.78, 5) is 18.4. The fraction of sp³-hybridized carbons (Fsp3) is 0.667. The van der Waals surface area contributed by atoms with Crippen molar-refractivity contribution >= 4 is 39.7 Å². The molecule has 1 unspecified atom stereocenters. The molecule has 2 heterocycles. The van der Waals surface area contributed by atoms with Gasteiger partial charge in [0, 0.05) is 31.1 Å². The topological polar surface area (TPSA) is 105 Å². The molecule has 0 bridgehead atoms. The number of nitrogens with one attached hydrogen (secondary N) is 1. The predicted molar refractivity (Wildman–Crippen MR) is 88.8 cm³/mol. The number of aromatic nitrogens is 1. The number of hydrogen-bond donors (Lipinski definition) is 2. The number of sulfonamides is 1. The van der Waals surface area contributed by atoms with Crippen LogP contribution in [-0.2, 0) is 16.6 Å². The third kappa shape index (κ3) is 5.17. The second-order valence-electron chi connectivity index (χ2n) is 5.10. The fourth-order valence-electron chi connectivity index (χ4n) is 2.38. The summed E-state index contributed by atoms with van der Waals surface area (Å²) in [5, 5.41) is 2.43. The van der Waals surface area contributed by atoms with Crippen molar-refractivity contribution in [3.05, 3.63) is 16.1 Å². The molecule has 1 aromatic rings. The van der Waals surface area contributed by atoms with Crippen LogP contribution in [0.2, 0.25) is 0 Å². The van der Waals surface area contributed by atoms with Gasteiger partial charge in [-0.1, -0.05) is 0 Å². The normalized spacial score (nSPS) is 18.8. The molecule has 7 nitrogen and oxygen atoms in total. The van der Waals surface area contributed by atoms with Gasteiger partial charge in [-0.25, -0.2) is 18.1 Å². The maximum absolute atomic E-state index is 12.5. The Labute approximate surface area is 140 Å². The Kier molecular flexibility index (Phi) is 7.20. The molecular formula is C12H21ClN4O3S2. The molecule has 1 atom stereocenters. The van der Waals surface area contributed by atoms with Gasteiger partial charge < -0.3 is 10.6 Å². The highest BCUT2D eigenvalue weighted by atomic mass is 35.5. The lowest BCUT2D eigenvalue weighted by Crippen LogP contribution is -2.49. The Bertz CT molecular complexity index is 605. The average molecular weight is 369 g/mol. The molecular weight excluding hydrogens is 348 g/mol. The number of carbonyl (C=O) groups is 1. The first-order valence-electron chi connectivity index (χ1n) is 6.81. The van der Waals surface area contributed by atoms with Crippen molar-refractivity contribution in [1.29, 1.82) is 0 Å². The summed E-state index contributed by atoms with van der Waals surface area (Å²) in [6.07, 6.45) is 3.83. The first-order valence-corrected chi connectivity index (χ1v) is 9.58. The van der Waals surface area contributed by atoms with Crippen LogP contribution in [0.5, 0.6) is 0 Å². The Morgan fingerprint density at radius 1 is 1.55 bits per heavy atom. The first kappa shape index (κ1) is 19.3. The van der Waals surface area contributed by atoms with Crippen molar-refractivity contribution in [2.75, 3.05) is 19.3 Å². The Morgan fingerprint density at radius 2 is 2.27 bits per heavy atom. The largest absolute Gasteiger partial charge is 0.333 e. The molecule has 1 fully saturated rings. The standard InChI is InChI=1S/C12H20N4O3S2.ClH/c1-21(18,19)14-7-9-4-2-3-5-16(9)12(17)10-8-20-11(6-13)15-10;/h8-9,14H,2-7,13H2,1H3;1H. The summed E-state index contributed by atoms with van der Waals surface area (Å²) in [5.41, 5.74) is 5.91. The quantitative estimate of drug-likeness (QED) is 0.790. The number of nitrogens with zero attached hydrogens (tertiary/aromatic N) is 2. The lowest BCUT2D eigenvalue weighted by molar-refractivity contribution is 0.0613. The van der Waals surface area contributed by atoms with E-state index in [0.717, 1.165) is 30.5 Å². The smallest absolute Gasteiger partial charge is 0.273 e. The van der Waals surface area contributed by atoms with E-state index in [1.165, 1.54) is 11.3 Å². The number of rotatable bonds is 5. The van der Waals surface area contributed by atoms with Gasteiger partial charge in [0.05, 0.1) is 6.26 Å². The lowest BCUT2D eigenvalue weighted by Gasteiger charge is -2.35. The van der Waals surface area contributed by atoms with Crippen LogP contribution < -0.4 is 10.5 Å². The Balaban J connectivity index is 0.00000242. The van der Waals surface area contributed by atoms with Crippen LogP contribution >= 0.6 is 23.7 Å². The molecule has 1 aromatic heterocycles. The van der Waals surface area contributed by atoms with Crippen molar-refractivity contribution in [3.63, 3.8) is 0 Å². The Hall–Kier alpha value is -0.740. The van der Waals surface area contributed by atoms with Gasteiger partial charge >= 0.3 is 0 Å². The third-order valence-corrected chi connectivity index (χ3v) is 4.98.